The maximum Gasteiger partial charge on any atom is 0.165 e. The van der Waals surface area contributed by atoms with Gasteiger partial charge in [-0.1, -0.05) is 90.9 Å². The van der Waals surface area contributed by atoms with Crippen LogP contribution in [0.5, 0.6) is 11.5 Å². The highest BCUT2D eigenvalue weighted by Crippen LogP contribution is 2.40. The Morgan fingerprint density at radius 2 is 0.721 bits per heavy atom. The Kier molecular flexibility index (Phi) is 14.2. The number of nitrogens with zero attached hydrogens (tertiary/aromatic N) is 6. The second kappa shape index (κ2) is 21.6. The predicted octanol–water partition coefficient (Wildman–Crippen LogP) is 13.4. The quantitative estimate of drug-likeness (QED) is 0.128. The molecule has 12 nitrogen and oxygen atoms in total. The molecule has 0 amide bonds. The fourth-order valence-electron chi connectivity index (χ4n) is 11.9. The fraction of sp³-hybridized carbons (Fsp3) is 0.297. The molecule has 10 heterocycles. The van der Waals surface area contributed by atoms with Gasteiger partial charge >= 0.3 is 0 Å². The zero-order valence-corrected chi connectivity index (χ0v) is 51.7. The molecule has 0 unspecified atom stereocenters. The van der Waals surface area contributed by atoms with Crippen molar-refractivity contribution in [2.75, 3.05) is 52.2 Å². The average molecular weight is 1130 g/mol. The summed E-state index contributed by atoms with van der Waals surface area (Å²) in [7, 11) is 11.6. The molecule has 8 aromatic rings. The smallest absolute Gasteiger partial charge is 0.165 e. The Bertz CT molecular complexity index is 4400. The molecule has 0 fully saturated rings. The van der Waals surface area contributed by atoms with Crippen molar-refractivity contribution in [3.63, 3.8) is 0 Å². The second-order valence-electron chi connectivity index (χ2n) is 26.1. The summed E-state index contributed by atoms with van der Waals surface area (Å²) in [5, 5.41) is 0. The van der Waals surface area contributed by atoms with Crippen LogP contribution in [0.4, 0.5) is 11.4 Å². The van der Waals surface area contributed by atoms with Gasteiger partial charge in [-0.3, -0.25) is 19.9 Å². The Labute approximate surface area is 504 Å². The second-order valence-corrected chi connectivity index (χ2v) is 26.1. The van der Waals surface area contributed by atoms with Crippen molar-refractivity contribution in [2.45, 2.75) is 103 Å². The number of aromatic nitrogens is 8. The van der Waals surface area contributed by atoms with Gasteiger partial charge in [-0.15, -0.1) is 0 Å². The summed E-state index contributed by atoms with van der Waals surface area (Å²) in [5.41, 5.74) is 20.4. The van der Waals surface area contributed by atoms with Gasteiger partial charge < -0.3 is 39.2 Å². The lowest BCUT2D eigenvalue weighted by molar-refractivity contribution is 0.409. The fourth-order valence-corrected chi connectivity index (χ4v) is 11.9. The molecule has 0 spiro atoms. The van der Waals surface area contributed by atoms with Crippen molar-refractivity contribution >= 4 is 55.5 Å². The first-order chi connectivity index (χ1) is 41.0. The molecule has 16 bridgehead atoms. The van der Waals surface area contributed by atoms with Crippen LogP contribution in [0.1, 0.15) is 134 Å². The monoisotopic (exact) mass is 1130 g/mol. The SMILES string of the molecule is COc1c2nc(cc3cc(C#CC#Cc4cc5cc6nc(c(OC)c7[nH]c(cc8nc(cc4[nH]5)CC8(C)C)cc7C#Cc4ccc(N(C)C)cc4)CC6(C)C)c(cc4nc(cc5cc(C#Cc6ccc(N(C)C)cc6)c1[nH]5)C(C)(C)C4)[nH]3)C(C)(C)C2. The van der Waals surface area contributed by atoms with Gasteiger partial charge in [0.05, 0.1) is 69.9 Å². The van der Waals surface area contributed by atoms with Crippen molar-refractivity contribution in [2.24, 2.45) is 0 Å². The van der Waals surface area contributed by atoms with Gasteiger partial charge in [0.25, 0.3) is 0 Å². The van der Waals surface area contributed by atoms with E-state index in [2.05, 4.69) is 242 Å². The van der Waals surface area contributed by atoms with E-state index in [9.17, 15) is 0 Å². The zero-order valence-electron chi connectivity index (χ0n) is 51.7. The summed E-state index contributed by atoms with van der Waals surface area (Å²) in [6.07, 6.45) is 2.80. The van der Waals surface area contributed by atoms with Crippen LogP contribution in [-0.4, -0.2) is 82.3 Å². The molecule has 0 saturated carbocycles. The van der Waals surface area contributed by atoms with E-state index in [0.717, 1.165) is 147 Å². The number of rotatable bonds is 4. The minimum Gasteiger partial charge on any atom is -0.493 e. The molecule has 2 aromatic carbocycles. The number of anilines is 2. The van der Waals surface area contributed by atoms with E-state index in [0.29, 0.717) is 24.3 Å². The van der Waals surface area contributed by atoms with Crippen LogP contribution in [0.25, 0.3) is 44.1 Å². The highest BCUT2D eigenvalue weighted by atomic mass is 16.5. The maximum absolute atomic E-state index is 6.27. The van der Waals surface area contributed by atoms with Crippen molar-refractivity contribution in [1.29, 1.82) is 0 Å². The number of ether oxygens (including phenoxy) is 2. The highest BCUT2D eigenvalue weighted by molar-refractivity contribution is 5.80. The summed E-state index contributed by atoms with van der Waals surface area (Å²) < 4.78 is 12.5. The van der Waals surface area contributed by atoms with Crippen molar-refractivity contribution in [3.05, 3.63) is 188 Å². The van der Waals surface area contributed by atoms with E-state index >= 15 is 0 Å². The Hall–Kier alpha value is -9.88. The van der Waals surface area contributed by atoms with Gasteiger partial charge in [-0.25, -0.2) is 0 Å². The summed E-state index contributed by atoms with van der Waals surface area (Å²) in [5.74, 6) is 28.5. The third-order valence-corrected chi connectivity index (χ3v) is 16.8. The van der Waals surface area contributed by atoms with Gasteiger partial charge in [-0.2, -0.15) is 0 Å². The molecule has 12 rings (SSSR count). The molecule has 0 aliphatic carbocycles. The van der Waals surface area contributed by atoms with E-state index in [1.54, 1.807) is 14.2 Å². The summed E-state index contributed by atoms with van der Waals surface area (Å²) in [6, 6.07) is 37.7. The van der Waals surface area contributed by atoms with Crippen LogP contribution in [0.2, 0.25) is 0 Å². The molecule has 0 saturated heterocycles. The standard InChI is InChI=1S/C74H72N10O2/c1-71(2)41-55-35-59-47(31-51(75-59)37-65-73(5,6)43-61(81-65)69(85-13)67-49(33-53(79-67)39-63(71)77-55)25-19-45-21-27-57(28-22-45)83(9)10)17-15-16-18-48-32-52-38-66-74(7,8)44-62(82-66)70(86-14)68-50(26-20-46-23-29-58(30-24-46)84(11)12)34-54(80-68)40-64-72(3,4)42-56(78-64)36-60(48)76-52/h21-24,27-40,75-76,79-80H,41-44H2,1-14H3. The number of methoxy groups -OCH3 is 2. The summed E-state index contributed by atoms with van der Waals surface area (Å²) in [4.78, 5) is 40.1. The normalized spacial score (nSPS) is 14.9. The third-order valence-electron chi connectivity index (χ3n) is 16.8. The van der Waals surface area contributed by atoms with Gasteiger partial charge in [0.15, 0.2) is 11.5 Å². The molecule has 0 atom stereocenters. The van der Waals surface area contributed by atoms with Crippen molar-refractivity contribution in [1.82, 2.24) is 39.9 Å². The van der Waals surface area contributed by atoms with E-state index < -0.39 is 0 Å². The van der Waals surface area contributed by atoms with Gasteiger partial charge in [0.1, 0.15) is 0 Å². The zero-order chi connectivity index (χ0) is 60.5. The van der Waals surface area contributed by atoms with E-state index in [4.69, 9.17) is 29.4 Å². The van der Waals surface area contributed by atoms with Crippen LogP contribution < -0.4 is 19.3 Å². The summed E-state index contributed by atoms with van der Waals surface area (Å²) in [6.45, 7) is 17.8. The number of benzene rings is 2. The molecule has 4 aliphatic rings. The minimum absolute atomic E-state index is 0.257. The van der Waals surface area contributed by atoms with E-state index in [1.807, 2.05) is 28.2 Å². The number of aromatic amines is 4. The molecular formula is C74H72N10O2. The molecule has 430 valence electrons. The molecule has 4 aliphatic heterocycles. The topological polar surface area (TPSA) is 140 Å². The number of hydrogen-bond acceptors (Lipinski definition) is 8. The van der Waals surface area contributed by atoms with E-state index in [-0.39, 0.29) is 21.7 Å². The molecule has 0 radical (unpaired) electrons. The predicted molar refractivity (Wildman–Crippen MR) is 349 cm³/mol. The van der Waals surface area contributed by atoms with E-state index in [1.165, 1.54) is 0 Å². The van der Waals surface area contributed by atoms with Gasteiger partial charge in [0.2, 0.25) is 0 Å². The lowest BCUT2D eigenvalue weighted by Crippen LogP contribution is -2.15. The van der Waals surface area contributed by atoms with Crippen LogP contribution in [-0.2, 0) is 47.3 Å². The molecule has 4 N–H and O–H groups in total. The lowest BCUT2D eigenvalue weighted by atomic mass is 9.87. The number of fused-ring (bicyclic) bond motifs is 16. The third kappa shape index (κ3) is 11.3. The first-order valence-electron chi connectivity index (χ1n) is 29.2. The Morgan fingerprint density at radius 3 is 1.08 bits per heavy atom. The first-order valence-corrected chi connectivity index (χ1v) is 29.2. The van der Waals surface area contributed by atoms with Gasteiger partial charge in [0, 0.05) is 154 Å². The van der Waals surface area contributed by atoms with Gasteiger partial charge in [-0.05, 0) is 121 Å². The Balaban J connectivity index is 0.969. The van der Waals surface area contributed by atoms with Crippen LogP contribution in [0, 0.1) is 47.4 Å². The van der Waals surface area contributed by atoms with Crippen LogP contribution in [0.3, 0.4) is 0 Å². The molecule has 86 heavy (non-hydrogen) atoms. The minimum atomic E-state index is -0.309. The molecule has 12 heteroatoms. The van der Waals surface area contributed by atoms with Crippen LogP contribution >= 0.6 is 0 Å². The van der Waals surface area contributed by atoms with Crippen molar-refractivity contribution in [3.8, 4) is 58.9 Å². The highest BCUT2D eigenvalue weighted by Gasteiger charge is 2.34. The largest absolute Gasteiger partial charge is 0.493 e. The first kappa shape index (κ1) is 56.6. The Morgan fingerprint density at radius 1 is 0.384 bits per heavy atom. The van der Waals surface area contributed by atoms with Crippen LogP contribution in [0.15, 0.2) is 109 Å². The number of nitrogens with one attached hydrogen (secondary N) is 4. The molecular weight excluding hydrogens is 1060 g/mol. The number of hydrogen-bond donors (Lipinski definition) is 4. The number of H-pyrrole nitrogens is 4. The molecule has 6 aromatic heterocycles. The maximum atomic E-state index is 6.27. The lowest BCUT2D eigenvalue weighted by Gasteiger charge is -2.16. The summed E-state index contributed by atoms with van der Waals surface area (Å²) >= 11 is 0. The average Bonchev–Trinajstić information content (AvgIpc) is 2.36. The van der Waals surface area contributed by atoms with Crippen molar-refractivity contribution < 1.29 is 9.47 Å².